The molecule has 0 bridgehead atoms. The van der Waals surface area contributed by atoms with Crippen LogP contribution in [0.25, 0.3) is 0 Å². The number of Topliss-reactive ketones (excluding diaryl/α,β-unsaturated/α-hetero) is 1. The van der Waals surface area contributed by atoms with E-state index in [2.05, 4.69) is 0 Å². The third-order valence-corrected chi connectivity index (χ3v) is 1.75. The van der Waals surface area contributed by atoms with Crippen LogP contribution < -0.4 is 5.73 Å². The Morgan fingerprint density at radius 2 is 1.69 bits per heavy atom. The Morgan fingerprint density at radius 1 is 1.31 bits per heavy atom. The Labute approximate surface area is 89.2 Å². The first kappa shape index (κ1) is 12.6. The molecule has 0 saturated heterocycles. The summed E-state index contributed by atoms with van der Waals surface area (Å²) in [6.07, 6.45) is 0. The van der Waals surface area contributed by atoms with Crippen LogP contribution in [0.5, 0.6) is 0 Å². The smallest absolute Gasteiger partial charge is 0.341 e. The van der Waals surface area contributed by atoms with Crippen molar-refractivity contribution in [2.45, 2.75) is 10.7 Å². The number of allylic oxidation sites excluding steroid dienone is 1. The highest BCUT2D eigenvalue weighted by molar-refractivity contribution is 6.69. The Hall–Kier alpha value is -0.450. The van der Waals surface area contributed by atoms with Gasteiger partial charge in [-0.1, -0.05) is 34.8 Å². The zero-order chi connectivity index (χ0) is 10.8. The van der Waals surface area contributed by atoms with E-state index in [1.807, 2.05) is 0 Å². The number of nitrogens with two attached hydrogens (primary N) is 1. The van der Waals surface area contributed by atoms with Crippen molar-refractivity contribution in [2.24, 2.45) is 5.73 Å². The Kier molecular flexibility index (Phi) is 4.03. The molecule has 0 rings (SSSR count). The second kappa shape index (κ2) is 4.17. The minimum atomic E-state index is -2.08. The fourth-order valence-corrected chi connectivity index (χ4v) is 0.881. The van der Waals surface area contributed by atoms with Gasteiger partial charge in [0.15, 0.2) is 5.78 Å². The van der Waals surface area contributed by atoms with Crippen LogP contribution in [0.15, 0.2) is 11.3 Å². The van der Waals surface area contributed by atoms with Crippen molar-refractivity contribution < 1.29 is 14.7 Å². The fourth-order valence-electron chi connectivity index (χ4n) is 0.597. The van der Waals surface area contributed by atoms with E-state index in [0.717, 1.165) is 6.92 Å². The zero-order valence-electron chi connectivity index (χ0n) is 6.47. The number of hydrogen-bond donors (Lipinski definition) is 2. The average molecular weight is 246 g/mol. The van der Waals surface area contributed by atoms with E-state index in [-0.39, 0.29) is 0 Å². The molecule has 13 heavy (non-hydrogen) atoms. The van der Waals surface area contributed by atoms with Crippen LogP contribution in [0.2, 0.25) is 0 Å². The molecular weight excluding hydrogens is 240 g/mol. The van der Waals surface area contributed by atoms with Gasteiger partial charge in [0.2, 0.25) is 3.79 Å². The molecular formula is C6H6Cl3NO3. The predicted molar refractivity (Wildman–Crippen MR) is 49.8 cm³/mol. The SMILES string of the molecule is CC(=O)/C(C(=O)O)=C(/N)C(Cl)(Cl)Cl. The van der Waals surface area contributed by atoms with Crippen molar-refractivity contribution in [3.8, 4) is 0 Å². The molecule has 7 heteroatoms. The highest BCUT2D eigenvalue weighted by atomic mass is 35.6. The molecule has 4 nitrogen and oxygen atoms in total. The van der Waals surface area contributed by atoms with Crippen molar-refractivity contribution in [1.82, 2.24) is 0 Å². The number of alkyl halides is 3. The average Bonchev–Trinajstić information content (AvgIpc) is 1.82. The topological polar surface area (TPSA) is 80.4 Å². The molecule has 0 saturated carbocycles. The number of ketones is 1. The lowest BCUT2D eigenvalue weighted by molar-refractivity contribution is -0.134. The molecule has 0 fully saturated rings. The quantitative estimate of drug-likeness (QED) is 0.332. The maximum absolute atomic E-state index is 10.8. The third-order valence-electron chi connectivity index (χ3n) is 1.14. The maximum Gasteiger partial charge on any atom is 0.341 e. The Morgan fingerprint density at radius 3 is 1.77 bits per heavy atom. The fraction of sp³-hybridized carbons (Fsp3) is 0.333. The molecule has 0 aliphatic carbocycles. The van der Waals surface area contributed by atoms with Gasteiger partial charge >= 0.3 is 5.97 Å². The van der Waals surface area contributed by atoms with Gasteiger partial charge in [0.25, 0.3) is 0 Å². The highest BCUT2D eigenvalue weighted by Crippen LogP contribution is 2.33. The molecule has 0 aromatic heterocycles. The summed E-state index contributed by atoms with van der Waals surface area (Å²) in [5, 5.41) is 8.54. The summed E-state index contributed by atoms with van der Waals surface area (Å²) in [4.78, 5) is 21.3. The second-order valence-corrected chi connectivity index (χ2v) is 4.43. The molecule has 0 aliphatic rings. The van der Waals surface area contributed by atoms with Crippen molar-refractivity contribution in [2.75, 3.05) is 0 Å². The van der Waals surface area contributed by atoms with Crippen LogP contribution in [0.3, 0.4) is 0 Å². The third kappa shape index (κ3) is 3.42. The maximum atomic E-state index is 10.8. The summed E-state index contributed by atoms with van der Waals surface area (Å²) in [7, 11) is 0. The van der Waals surface area contributed by atoms with E-state index in [9.17, 15) is 9.59 Å². The molecule has 0 unspecified atom stereocenters. The van der Waals surface area contributed by atoms with Crippen LogP contribution >= 0.6 is 34.8 Å². The molecule has 0 aromatic carbocycles. The number of carboxylic acids is 1. The molecule has 3 N–H and O–H groups in total. The van der Waals surface area contributed by atoms with Crippen molar-refractivity contribution >= 4 is 46.6 Å². The van der Waals surface area contributed by atoms with E-state index in [4.69, 9.17) is 45.6 Å². The standard InChI is InChI=1S/C6H6Cl3NO3/c1-2(11)3(5(12)13)4(10)6(7,8)9/h10H2,1H3,(H,12,13)/b4-3-. The number of carbonyl (C=O) groups is 2. The van der Waals surface area contributed by atoms with E-state index in [1.165, 1.54) is 0 Å². The number of carbonyl (C=O) groups excluding carboxylic acids is 1. The first-order chi connectivity index (χ1) is 5.68. The van der Waals surface area contributed by atoms with Crippen molar-refractivity contribution in [3.05, 3.63) is 11.3 Å². The molecule has 0 amide bonds. The van der Waals surface area contributed by atoms with Gasteiger partial charge in [-0.2, -0.15) is 0 Å². The first-order valence-corrected chi connectivity index (χ1v) is 4.12. The van der Waals surface area contributed by atoms with Crippen LogP contribution in [0, 0.1) is 0 Å². The van der Waals surface area contributed by atoms with Crippen molar-refractivity contribution in [1.29, 1.82) is 0 Å². The van der Waals surface area contributed by atoms with Crippen LogP contribution in [-0.2, 0) is 9.59 Å². The summed E-state index contributed by atoms with van der Waals surface area (Å²) >= 11 is 15.9. The van der Waals surface area contributed by atoms with Crippen molar-refractivity contribution in [3.63, 3.8) is 0 Å². The van der Waals surface area contributed by atoms with Gasteiger partial charge in [-0.25, -0.2) is 4.79 Å². The van der Waals surface area contributed by atoms with Gasteiger partial charge < -0.3 is 10.8 Å². The van der Waals surface area contributed by atoms with E-state index in [0.29, 0.717) is 0 Å². The van der Waals surface area contributed by atoms with Gasteiger partial charge in [0.05, 0.1) is 5.70 Å². The molecule has 74 valence electrons. The number of halogens is 3. The Balaban J connectivity index is 5.36. The van der Waals surface area contributed by atoms with E-state index >= 15 is 0 Å². The van der Waals surface area contributed by atoms with E-state index < -0.39 is 26.8 Å². The minimum Gasteiger partial charge on any atom is -0.477 e. The summed E-state index contributed by atoms with van der Waals surface area (Å²) in [6, 6.07) is 0. The number of carboxylic acid groups (broad SMARTS) is 1. The second-order valence-electron chi connectivity index (χ2n) is 2.15. The lowest BCUT2D eigenvalue weighted by Gasteiger charge is -2.13. The number of hydrogen-bond acceptors (Lipinski definition) is 3. The number of rotatable bonds is 2. The lowest BCUT2D eigenvalue weighted by atomic mass is 10.1. The van der Waals surface area contributed by atoms with Gasteiger partial charge in [0, 0.05) is 0 Å². The highest BCUT2D eigenvalue weighted by Gasteiger charge is 2.31. The zero-order valence-corrected chi connectivity index (χ0v) is 8.74. The van der Waals surface area contributed by atoms with Gasteiger partial charge in [-0.15, -0.1) is 0 Å². The Bertz CT molecular complexity index is 263. The lowest BCUT2D eigenvalue weighted by Crippen LogP contribution is -2.25. The minimum absolute atomic E-state index is 0.586. The van der Waals surface area contributed by atoms with Crippen LogP contribution in [0.4, 0.5) is 0 Å². The van der Waals surface area contributed by atoms with Crippen LogP contribution in [-0.4, -0.2) is 20.7 Å². The predicted octanol–water partition coefficient (Wildman–Crippen LogP) is 1.24. The largest absolute Gasteiger partial charge is 0.477 e. The van der Waals surface area contributed by atoms with Gasteiger partial charge in [-0.3, -0.25) is 4.79 Å². The summed E-state index contributed by atoms with van der Waals surface area (Å²) in [5.74, 6) is -2.28. The van der Waals surface area contributed by atoms with Gasteiger partial charge in [-0.05, 0) is 6.92 Å². The monoisotopic (exact) mass is 245 g/mol. The molecule has 0 aromatic rings. The number of aliphatic carboxylic acids is 1. The molecule has 0 radical (unpaired) electrons. The normalized spacial score (nSPS) is 13.5. The molecule has 0 spiro atoms. The summed E-state index contributed by atoms with van der Waals surface area (Å²) < 4.78 is -2.08. The summed E-state index contributed by atoms with van der Waals surface area (Å²) in [5.41, 5.74) is 3.89. The summed E-state index contributed by atoms with van der Waals surface area (Å²) in [6.45, 7) is 1.02. The molecule has 0 atom stereocenters. The first-order valence-electron chi connectivity index (χ1n) is 2.99. The van der Waals surface area contributed by atoms with Crippen LogP contribution in [0.1, 0.15) is 6.92 Å². The van der Waals surface area contributed by atoms with Gasteiger partial charge in [0.1, 0.15) is 5.57 Å². The van der Waals surface area contributed by atoms with E-state index in [1.54, 1.807) is 0 Å². The molecule has 0 aliphatic heterocycles. The molecule has 0 heterocycles.